The number of carbonyl (C=O) groups is 4. The molecule has 234 valence electrons. The average Bonchev–Trinajstić information content (AvgIpc) is 3.19. The zero-order valence-electron chi connectivity index (χ0n) is 26.7. The first kappa shape index (κ1) is 33.2. The second-order valence-electron chi connectivity index (χ2n) is 15.6. The highest BCUT2D eigenvalue weighted by Gasteiger charge is 2.57. The van der Waals surface area contributed by atoms with E-state index in [0.29, 0.717) is 13.0 Å². The molecule has 9 heteroatoms. The van der Waals surface area contributed by atoms with Gasteiger partial charge >= 0.3 is 12.1 Å². The van der Waals surface area contributed by atoms with Crippen LogP contribution >= 0.6 is 0 Å². The van der Waals surface area contributed by atoms with Crippen LogP contribution in [0.1, 0.15) is 126 Å². The summed E-state index contributed by atoms with van der Waals surface area (Å²) in [6.07, 6.45) is 9.53. The average molecular weight is 578 g/mol. The number of nitrogens with one attached hydrogen (secondary N) is 2. The van der Waals surface area contributed by atoms with Gasteiger partial charge in [0.15, 0.2) is 0 Å². The first-order valence-electron chi connectivity index (χ1n) is 15.7. The van der Waals surface area contributed by atoms with Crippen LogP contribution in [0.4, 0.5) is 4.79 Å². The molecule has 1 spiro atoms. The van der Waals surface area contributed by atoms with Gasteiger partial charge in [-0.3, -0.25) is 9.59 Å². The van der Waals surface area contributed by atoms with Crippen LogP contribution in [0.15, 0.2) is 0 Å². The number of rotatable bonds is 6. The molecular formula is C32H55N3O6. The maximum Gasteiger partial charge on any atom is 0.408 e. The molecule has 0 radical (unpaired) electrons. The minimum atomic E-state index is -0.999. The van der Waals surface area contributed by atoms with Gasteiger partial charge in [-0.2, -0.15) is 0 Å². The SMILES string of the molecule is CC(C)(C)OC(=O)N[C@H](C(=O)N[C@H](C(=O)N1C[C@]2(CCCCCC2(C)C)C[C@H]1C(=O)O)C(C)(C)C)C1CCCCC1. The van der Waals surface area contributed by atoms with Gasteiger partial charge in [0.25, 0.3) is 0 Å². The lowest BCUT2D eigenvalue weighted by Gasteiger charge is -2.44. The van der Waals surface area contributed by atoms with Gasteiger partial charge in [0, 0.05) is 6.54 Å². The maximum absolute atomic E-state index is 14.3. The summed E-state index contributed by atoms with van der Waals surface area (Å²) in [5.41, 5.74) is -1.79. The molecule has 0 aromatic rings. The lowest BCUT2D eigenvalue weighted by molar-refractivity contribution is -0.151. The van der Waals surface area contributed by atoms with Gasteiger partial charge in [-0.25, -0.2) is 9.59 Å². The van der Waals surface area contributed by atoms with Crippen LogP contribution in [0, 0.1) is 22.2 Å². The zero-order chi connectivity index (χ0) is 30.8. The number of hydrogen-bond donors (Lipinski definition) is 3. The smallest absolute Gasteiger partial charge is 0.408 e. The molecule has 1 heterocycles. The molecule has 0 bridgehead atoms. The number of carboxylic acid groups (broad SMARTS) is 1. The lowest BCUT2D eigenvalue weighted by Crippen LogP contribution is -2.61. The molecule has 3 aliphatic rings. The fourth-order valence-corrected chi connectivity index (χ4v) is 7.26. The van der Waals surface area contributed by atoms with Crippen LogP contribution in [-0.2, 0) is 19.1 Å². The molecule has 0 unspecified atom stereocenters. The summed E-state index contributed by atoms with van der Waals surface area (Å²) in [6, 6.07) is -2.73. The van der Waals surface area contributed by atoms with E-state index in [0.717, 1.165) is 64.2 Å². The third-order valence-electron chi connectivity index (χ3n) is 9.87. The second-order valence-corrected chi connectivity index (χ2v) is 15.6. The number of hydrogen-bond acceptors (Lipinski definition) is 5. The van der Waals surface area contributed by atoms with E-state index in [1.165, 1.54) is 4.90 Å². The molecule has 1 saturated heterocycles. The Kier molecular flexibility index (Phi) is 10.1. The van der Waals surface area contributed by atoms with E-state index >= 15 is 0 Å². The quantitative estimate of drug-likeness (QED) is 0.375. The Morgan fingerprint density at radius 1 is 0.878 bits per heavy atom. The number of amides is 3. The fraction of sp³-hybridized carbons (Fsp3) is 0.875. The Hall–Kier alpha value is -2.32. The van der Waals surface area contributed by atoms with Crippen LogP contribution in [0.25, 0.3) is 0 Å². The highest BCUT2D eigenvalue weighted by Crippen LogP contribution is 2.56. The van der Waals surface area contributed by atoms with Gasteiger partial charge in [-0.05, 0) is 75.0 Å². The van der Waals surface area contributed by atoms with E-state index in [9.17, 15) is 24.3 Å². The minimum absolute atomic E-state index is 0.0689. The van der Waals surface area contributed by atoms with Gasteiger partial charge in [-0.1, -0.05) is 73.1 Å². The van der Waals surface area contributed by atoms with E-state index in [1.54, 1.807) is 20.8 Å². The summed E-state index contributed by atoms with van der Waals surface area (Å²) < 4.78 is 5.47. The second kappa shape index (κ2) is 12.5. The van der Waals surface area contributed by atoms with E-state index in [2.05, 4.69) is 24.5 Å². The molecule has 0 aromatic carbocycles. The summed E-state index contributed by atoms with van der Waals surface area (Å²) in [5, 5.41) is 16.1. The molecule has 9 nitrogen and oxygen atoms in total. The summed E-state index contributed by atoms with van der Waals surface area (Å²) in [7, 11) is 0. The predicted octanol–water partition coefficient (Wildman–Crippen LogP) is 5.65. The van der Waals surface area contributed by atoms with Crippen LogP contribution in [-0.4, -0.2) is 64.2 Å². The summed E-state index contributed by atoms with van der Waals surface area (Å²) in [5.74, 6) is -1.86. The maximum atomic E-state index is 14.3. The first-order valence-corrected chi connectivity index (χ1v) is 15.7. The molecule has 2 saturated carbocycles. The Morgan fingerprint density at radius 3 is 2.02 bits per heavy atom. The standard InChI is InChI=1S/C32H55N3O6/c1-29(2,3)24(34-25(36)23(21-15-11-9-12-16-21)33-28(40)41-30(4,5)6)26(37)35-20-32(19-22(35)27(38)39)18-14-10-13-17-31(32,7)8/h21-24H,9-20H2,1-8H3,(H,33,40)(H,34,36)(H,38,39)/t22-,23-,24+,32-/m0/s1. The van der Waals surface area contributed by atoms with Crippen molar-refractivity contribution >= 4 is 23.9 Å². The van der Waals surface area contributed by atoms with Crippen molar-refractivity contribution < 1.29 is 29.0 Å². The van der Waals surface area contributed by atoms with E-state index in [4.69, 9.17) is 4.74 Å². The zero-order valence-corrected chi connectivity index (χ0v) is 26.7. The van der Waals surface area contributed by atoms with Gasteiger partial charge in [0.1, 0.15) is 23.7 Å². The monoisotopic (exact) mass is 577 g/mol. The third-order valence-corrected chi connectivity index (χ3v) is 9.87. The number of carbonyl (C=O) groups excluding carboxylic acids is 3. The molecule has 3 amide bonds. The fourth-order valence-electron chi connectivity index (χ4n) is 7.26. The number of alkyl carbamates (subject to hydrolysis) is 1. The number of likely N-dealkylation sites (tertiary alicyclic amines) is 1. The Labute approximate surface area is 246 Å². The third kappa shape index (κ3) is 7.95. The molecule has 3 N–H and O–H groups in total. The highest BCUT2D eigenvalue weighted by molar-refractivity contribution is 5.94. The van der Waals surface area contributed by atoms with Crippen molar-refractivity contribution in [1.29, 1.82) is 0 Å². The summed E-state index contributed by atoms with van der Waals surface area (Å²) in [4.78, 5) is 55.1. The number of carboxylic acids is 1. The van der Waals surface area contributed by atoms with E-state index in [-0.39, 0.29) is 22.7 Å². The normalized spacial score (nSPS) is 27.0. The number of aliphatic carboxylic acids is 1. The van der Waals surface area contributed by atoms with Crippen LogP contribution in [0.5, 0.6) is 0 Å². The predicted molar refractivity (Wildman–Crippen MR) is 158 cm³/mol. The van der Waals surface area contributed by atoms with Gasteiger partial charge in [0.05, 0.1) is 0 Å². The van der Waals surface area contributed by atoms with Gasteiger partial charge in [-0.15, -0.1) is 0 Å². The lowest BCUT2D eigenvalue weighted by atomic mass is 9.61. The molecule has 1 aliphatic heterocycles. The van der Waals surface area contributed by atoms with Crippen molar-refractivity contribution in [3.8, 4) is 0 Å². The van der Waals surface area contributed by atoms with Crippen LogP contribution < -0.4 is 10.6 Å². The minimum Gasteiger partial charge on any atom is -0.480 e. The van der Waals surface area contributed by atoms with E-state index < -0.39 is 47.1 Å². The molecule has 41 heavy (non-hydrogen) atoms. The van der Waals surface area contributed by atoms with Gasteiger partial charge in [0.2, 0.25) is 11.8 Å². The van der Waals surface area contributed by atoms with Crippen LogP contribution in [0.3, 0.4) is 0 Å². The van der Waals surface area contributed by atoms with Crippen LogP contribution in [0.2, 0.25) is 0 Å². The van der Waals surface area contributed by atoms with Crippen molar-refractivity contribution in [3.63, 3.8) is 0 Å². The summed E-state index contributed by atoms with van der Waals surface area (Å²) in [6.45, 7) is 15.8. The Bertz CT molecular complexity index is 975. The molecule has 3 fully saturated rings. The first-order chi connectivity index (χ1) is 18.9. The highest BCUT2D eigenvalue weighted by atomic mass is 16.6. The largest absolute Gasteiger partial charge is 0.480 e. The molecular weight excluding hydrogens is 522 g/mol. The number of nitrogens with zero attached hydrogens (tertiary/aromatic N) is 1. The Morgan fingerprint density at radius 2 is 1.46 bits per heavy atom. The van der Waals surface area contributed by atoms with Crippen molar-refractivity contribution in [1.82, 2.24) is 15.5 Å². The van der Waals surface area contributed by atoms with Gasteiger partial charge < -0.3 is 25.4 Å². The van der Waals surface area contributed by atoms with E-state index in [1.807, 2.05) is 20.8 Å². The molecule has 2 aliphatic carbocycles. The molecule has 4 atom stereocenters. The number of ether oxygens (including phenoxy) is 1. The van der Waals surface area contributed by atoms with Crippen molar-refractivity contribution in [2.45, 2.75) is 150 Å². The molecule has 3 rings (SSSR count). The summed E-state index contributed by atoms with van der Waals surface area (Å²) >= 11 is 0. The van der Waals surface area contributed by atoms with Crippen molar-refractivity contribution in [3.05, 3.63) is 0 Å². The Balaban J connectivity index is 1.89. The van der Waals surface area contributed by atoms with Crippen molar-refractivity contribution in [2.75, 3.05) is 6.54 Å². The van der Waals surface area contributed by atoms with Crippen molar-refractivity contribution in [2.24, 2.45) is 22.2 Å². The topological polar surface area (TPSA) is 125 Å². The molecule has 0 aromatic heterocycles.